The molecule has 104 valence electrons. The lowest BCUT2D eigenvalue weighted by Gasteiger charge is -2.08. The van der Waals surface area contributed by atoms with Gasteiger partial charge in [0.25, 0.3) is 0 Å². The van der Waals surface area contributed by atoms with Crippen LogP contribution in [0.25, 0.3) is 0 Å². The first-order chi connectivity index (χ1) is 9.78. The topological polar surface area (TPSA) is 96.9 Å². The van der Waals surface area contributed by atoms with E-state index in [2.05, 4.69) is 21.6 Å². The van der Waals surface area contributed by atoms with E-state index in [4.69, 9.17) is 15.1 Å². The molecule has 1 heterocycles. The van der Waals surface area contributed by atoms with Gasteiger partial charge in [0.15, 0.2) is 0 Å². The summed E-state index contributed by atoms with van der Waals surface area (Å²) in [6, 6.07) is 7.36. The van der Waals surface area contributed by atoms with Gasteiger partial charge in [-0.05, 0) is 28.6 Å². The Kier molecular flexibility index (Phi) is 4.92. The zero-order chi connectivity index (χ0) is 14.4. The van der Waals surface area contributed by atoms with Gasteiger partial charge < -0.3 is 9.84 Å². The van der Waals surface area contributed by atoms with Gasteiger partial charge in [-0.3, -0.25) is 0 Å². The molecule has 0 amide bonds. The summed E-state index contributed by atoms with van der Waals surface area (Å²) in [7, 11) is 1.59. The van der Waals surface area contributed by atoms with Gasteiger partial charge in [0.05, 0.1) is 31.9 Å². The van der Waals surface area contributed by atoms with E-state index < -0.39 is 0 Å². The first-order valence-corrected chi connectivity index (χ1v) is 6.84. The number of rotatable bonds is 6. The van der Waals surface area contributed by atoms with Crippen LogP contribution in [0.1, 0.15) is 11.1 Å². The Morgan fingerprint density at radius 1 is 1.50 bits per heavy atom. The highest BCUT2D eigenvalue weighted by atomic mass is 32.2. The lowest BCUT2D eigenvalue weighted by Crippen LogP contribution is -2.05. The molecule has 0 spiro atoms. The number of tetrazole rings is 1. The molecule has 0 bridgehead atoms. The SMILES string of the molecule is COc1ccc(C#N)cc1CSc1nnnn1CCO. The number of hydrogen-bond acceptors (Lipinski definition) is 7. The normalized spacial score (nSPS) is 10.2. The standard InChI is InChI=1S/C12H13N5O2S/c1-19-11-3-2-9(7-13)6-10(11)8-20-12-14-15-16-17(12)4-5-18/h2-3,6,18H,4-5,8H2,1H3. The molecule has 1 aromatic carbocycles. The monoisotopic (exact) mass is 291 g/mol. The van der Waals surface area contributed by atoms with E-state index in [0.717, 1.165) is 11.3 Å². The highest BCUT2D eigenvalue weighted by molar-refractivity contribution is 7.98. The Hall–Kier alpha value is -2.11. The number of methoxy groups -OCH3 is 1. The Morgan fingerprint density at radius 3 is 3.05 bits per heavy atom. The van der Waals surface area contributed by atoms with Crippen molar-refractivity contribution < 1.29 is 9.84 Å². The Labute approximate surface area is 120 Å². The van der Waals surface area contributed by atoms with Gasteiger partial charge in [0.1, 0.15) is 5.75 Å². The van der Waals surface area contributed by atoms with E-state index in [-0.39, 0.29) is 6.61 Å². The van der Waals surface area contributed by atoms with Gasteiger partial charge in [-0.1, -0.05) is 11.8 Å². The maximum atomic E-state index is 8.93. The summed E-state index contributed by atoms with van der Waals surface area (Å²) in [5.41, 5.74) is 1.48. The predicted molar refractivity (Wildman–Crippen MR) is 72.2 cm³/mol. The van der Waals surface area contributed by atoms with E-state index in [1.54, 1.807) is 25.3 Å². The van der Waals surface area contributed by atoms with Crippen molar-refractivity contribution in [2.75, 3.05) is 13.7 Å². The van der Waals surface area contributed by atoms with Crippen LogP contribution in [0.2, 0.25) is 0 Å². The molecule has 0 aliphatic carbocycles. The first kappa shape index (κ1) is 14.3. The van der Waals surface area contributed by atoms with Gasteiger partial charge >= 0.3 is 0 Å². The summed E-state index contributed by atoms with van der Waals surface area (Å²) in [6.07, 6.45) is 0. The van der Waals surface area contributed by atoms with Gasteiger partial charge in [-0.25, -0.2) is 4.68 Å². The van der Waals surface area contributed by atoms with Crippen LogP contribution in [0, 0.1) is 11.3 Å². The largest absolute Gasteiger partial charge is 0.496 e. The number of ether oxygens (including phenoxy) is 1. The third-order valence-electron chi connectivity index (χ3n) is 2.58. The summed E-state index contributed by atoms with van der Waals surface area (Å²) < 4.78 is 6.80. The molecule has 0 radical (unpaired) electrons. The number of aromatic nitrogens is 4. The number of benzene rings is 1. The summed E-state index contributed by atoms with van der Waals surface area (Å²) in [4.78, 5) is 0. The second-order valence-corrected chi connectivity index (χ2v) is 4.78. The molecule has 0 aliphatic rings. The van der Waals surface area contributed by atoms with Crippen molar-refractivity contribution >= 4 is 11.8 Å². The smallest absolute Gasteiger partial charge is 0.209 e. The van der Waals surface area contributed by atoms with Gasteiger partial charge in [0, 0.05) is 11.3 Å². The minimum Gasteiger partial charge on any atom is -0.496 e. The van der Waals surface area contributed by atoms with Crippen molar-refractivity contribution in [2.45, 2.75) is 17.5 Å². The molecule has 0 unspecified atom stereocenters. The molecule has 0 atom stereocenters. The molecule has 2 rings (SSSR count). The molecule has 0 fully saturated rings. The van der Waals surface area contributed by atoms with Gasteiger partial charge in [-0.2, -0.15) is 5.26 Å². The van der Waals surface area contributed by atoms with Crippen LogP contribution in [0.4, 0.5) is 0 Å². The minimum absolute atomic E-state index is 0.0220. The third kappa shape index (κ3) is 3.26. The van der Waals surface area contributed by atoms with Crippen LogP contribution in [0.3, 0.4) is 0 Å². The van der Waals surface area contributed by atoms with E-state index in [9.17, 15) is 0 Å². The van der Waals surface area contributed by atoms with Crippen LogP contribution in [0.5, 0.6) is 5.75 Å². The lowest BCUT2D eigenvalue weighted by molar-refractivity contribution is 0.262. The van der Waals surface area contributed by atoms with E-state index in [1.807, 2.05) is 0 Å². The molecule has 8 heteroatoms. The summed E-state index contributed by atoms with van der Waals surface area (Å²) in [6.45, 7) is 0.330. The molecular weight excluding hydrogens is 278 g/mol. The number of aliphatic hydroxyl groups is 1. The fourth-order valence-corrected chi connectivity index (χ4v) is 2.52. The molecule has 20 heavy (non-hydrogen) atoms. The Balaban J connectivity index is 2.14. The van der Waals surface area contributed by atoms with Crippen molar-refractivity contribution in [2.24, 2.45) is 0 Å². The second kappa shape index (κ2) is 6.88. The van der Waals surface area contributed by atoms with Crippen molar-refractivity contribution in [3.63, 3.8) is 0 Å². The van der Waals surface area contributed by atoms with Crippen LogP contribution >= 0.6 is 11.8 Å². The minimum atomic E-state index is -0.0220. The summed E-state index contributed by atoms with van der Waals surface area (Å²) in [5.74, 6) is 1.29. The molecule has 1 N–H and O–H groups in total. The Morgan fingerprint density at radius 2 is 2.35 bits per heavy atom. The molecule has 0 saturated carbocycles. The number of thioether (sulfide) groups is 1. The lowest BCUT2D eigenvalue weighted by atomic mass is 10.1. The van der Waals surface area contributed by atoms with Crippen LogP contribution in [0.15, 0.2) is 23.4 Å². The molecule has 0 saturated heterocycles. The average molecular weight is 291 g/mol. The molecule has 1 aromatic heterocycles. The van der Waals surface area contributed by atoms with Gasteiger partial charge in [-0.15, -0.1) is 5.10 Å². The fraction of sp³-hybridized carbons (Fsp3) is 0.333. The molecule has 2 aromatic rings. The summed E-state index contributed by atoms with van der Waals surface area (Å²) in [5, 5.41) is 29.7. The molecule has 0 aliphatic heterocycles. The van der Waals surface area contributed by atoms with Gasteiger partial charge in [0.2, 0.25) is 5.16 Å². The van der Waals surface area contributed by atoms with E-state index >= 15 is 0 Å². The van der Waals surface area contributed by atoms with Crippen LogP contribution < -0.4 is 4.74 Å². The Bertz CT molecular complexity index is 623. The first-order valence-electron chi connectivity index (χ1n) is 5.85. The highest BCUT2D eigenvalue weighted by Gasteiger charge is 2.10. The zero-order valence-corrected chi connectivity index (χ0v) is 11.7. The van der Waals surface area contributed by atoms with Crippen molar-refractivity contribution in [3.05, 3.63) is 29.3 Å². The van der Waals surface area contributed by atoms with Crippen LogP contribution in [-0.4, -0.2) is 39.0 Å². The maximum Gasteiger partial charge on any atom is 0.209 e. The number of nitriles is 1. The number of hydrogen-bond donors (Lipinski definition) is 1. The quantitative estimate of drug-likeness (QED) is 0.787. The fourth-order valence-electron chi connectivity index (χ4n) is 1.64. The second-order valence-electron chi connectivity index (χ2n) is 3.84. The average Bonchev–Trinajstić information content (AvgIpc) is 2.92. The molecule has 7 nitrogen and oxygen atoms in total. The highest BCUT2D eigenvalue weighted by Crippen LogP contribution is 2.27. The molecular formula is C12H13N5O2S. The van der Waals surface area contributed by atoms with E-state index in [1.165, 1.54) is 16.4 Å². The third-order valence-corrected chi connectivity index (χ3v) is 3.58. The number of nitrogens with zero attached hydrogens (tertiary/aromatic N) is 5. The van der Waals surface area contributed by atoms with E-state index in [0.29, 0.717) is 23.0 Å². The van der Waals surface area contributed by atoms with Crippen molar-refractivity contribution in [1.82, 2.24) is 20.2 Å². The predicted octanol–water partition coefficient (Wildman–Crippen LogP) is 0.838. The summed E-state index contributed by atoms with van der Waals surface area (Å²) >= 11 is 1.42. The number of aliphatic hydroxyl groups excluding tert-OH is 1. The van der Waals surface area contributed by atoms with Crippen LogP contribution in [-0.2, 0) is 12.3 Å². The van der Waals surface area contributed by atoms with Crippen molar-refractivity contribution in [3.8, 4) is 11.8 Å². The maximum absolute atomic E-state index is 8.93. The van der Waals surface area contributed by atoms with Crippen molar-refractivity contribution in [1.29, 1.82) is 5.26 Å². The zero-order valence-electron chi connectivity index (χ0n) is 10.9.